The molecule has 4 nitrogen and oxygen atoms in total. The molecular weight excluding hydrogens is 304 g/mol. The predicted molar refractivity (Wildman–Crippen MR) is 60.9 cm³/mol. The van der Waals surface area contributed by atoms with E-state index >= 15 is 0 Å². The molecule has 0 aliphatic rings. The van der Waals surface area contributed by atoms with E-state index in [4.69, 9.17) is 11.6 Å². The molecule has 0 fully saturated rings. The maximum Gasteiger partial charge on any atom is 0.436 e. The molecular formula is C11H5ClF4N2O2. The van der Waals surface area contributed by atoms with E-state index in [1.165, 1.54) is 6.07 Å². The SMILES string of the molecule is O=C(Nc1cc(C(F)(F)F)no1)c1ccc(Cl)cc1F. The van der Waals surface area contributed by atoms with Crippen molar-refractivity contribution in [1.29, 1.82) is 0 Å². The van der Waals surface area contributed by atoms with Gasteiger partial charge in [-0.3, -0.25) is 10.1 Å². The number of hydrogen-bond donors (Lipinski definition) is 1. The Labute approximate surface area is 114 Å². The highest BCUT2D eigenvalue weighted by atomic mass is 35.5. The monoisotopic (exact) mass is 308 g/mol. The van der Waals surface area contributed by atoms with Crippen LogP contribution in [0.3, 0.4) is 0 Å². The predicted octanol–water partition coefficient (Wildman–Crippen LogP) is 3.74. The third-order valence-electron chi connectivity index (χ3n) is 2.21. The van der Waals surface area contributed by atoms with Gasteiger partial charge in [-0.05, 0) is 18.2 Å². The molecule has 0 saturated heterocycles. The molecule has 0 bridgehead atoms. The van der Waals surface area contributed by atoms with Gasteiger partial charge in [0.05, 0.1) is 5.56 Å². The van der Waals surface area contributed by atoms with Gasteiger partial charge >= 0.3 is 6.18 Å². The van der Waals surface area contributed by atoms with Gasteiger partial charge in [-0.25, -0.2) is 4.39 Å². The summed E-state index contributed by atoms with van der Waals surface area (Å²) in [5.41, 5.74) is -1.69. The van der Waals surface area contributed by atoms with Crippen LogP contribution in [0.1, 0.15) is 16.1 Å². The normalized spacial score (nSPS) is 11.4. The number of amides is 1. The number of anilines is 1. The van der Waals surface area contributed by atoms with E-state index in [2.05, 4.69) is 9.68 Å². The second-order valence-corrected chi connectivity index (χ2v) is 4.09. The van der Waals surface area contributed by atoms with Crippen LogP contribution in [-0.2, 0) is 6.18 Å². The van der Waals surface area contributed by atoms with E-state index < -0.39 is 29.5 Å². The van der Waals surface area contributed by atoms with Crippen LogP contribution >= 0.6 is 11.6 Å². The van der Waals surface area contributed by atoms with Gasteiger partial charge in [-0.1, -0.05) is 16.8 Å². The maximum atomic E-state index is 13.4. The summed E-state index contributed by atoms with van der Waals surface area (Å²) in [4.78, 5) is 11.6. The molecule has 106 valence electrons. The van der Waals surface area contributed by atoms with Gasteiger partial charge in [0.15, 0.2) is 5.69 Å². The summed E-state index contributed by atoms with van der Waals surface area (Å²) in [7, 11) is 0. The first-order valence-corrected chi connectivity index (χ1v) is 5.45. The summed E-state index contributed by atoms with van der Waals surface area (Å²) >= 11 is 5.51. The van der Waals surface area contributed by atoms with Crippen molar-refractivity contribution < 1.29 is 26.9 Å². The molecule has 0 radical (unpaired) electrons. The summed E-state index contributed by atoms with van der Waals surface area (Å²) in [6.07, 6.45) is -4.70. The Morgan fingerprint density at radius 2 is 2.00 bits per heavy atom. The highest BCUT2D eigenvalue weighted by Gasteiger charge is 2.35. The number of benzene rings is 1. The molecule has 1 aromatic carbocycles. The van der Waals surface area contributed by atoms with E-state index in [0.717, 1.165) is 12.1 Å². The molecule has 0 aliphatic heterocycles. The average molecular weight is 309 g/mol. The van der Waals surface area contributed by atoms with Crippen LogP contribution in [0.5, 0.6) is 0 Å². The summed E-state index contributed by atoms with van der Waals surface area (Å²) in [5.74, 6) is -2.44. The summed E-state index contributed by atoms with van der Waals surface area (Å²) in [6.45, 7) is 0. The number of rotatable bonds is 2. The van der Waals surface area contributed by atoms with Crippen molar-refractivity contribution in [2.45, 2.75) is 6.18 Å². The molecule has 1 heterocycles. The van der Waals surface area contributed by atoms with Crippen molar-refractivity contribution in [3.05, 3.63) is 46.4 Å². The number of halogens is 5. The Kier molecular flexibility index (Phi) is 3.67. The lowest BCUT2D eigenvalue weighted by atomic mass is 10.2. The molecule has 0 aliphatic carbocycles. The lowest BCUT2D eigenvalue weighted by Gasteiger charge is -2.02. The highest BCUT2D eigenvalue weighted by molar-refractivity contribution is 6.30. The van der Waals surface area contributed by atoms with Gasteiger partial charge in [0.1, 0.15) is 5.82 Å². The van der Waals surface area contributed by atoms with Gasteiger partial charge in [-0.15, -0.1) is 0 Å². The van der Waals surface area contributed by atoms with Crippen LogP contribution < -0.4 is 5.32 Å². The zero-order valence-corrected chi connectivity index (χ0v) is 10.2. The van der Waals surface area contributed by atoms with Crippen LogP contribution in [0.2, 0.25) is 5.02 Å². The zero-order valence-electron chi connectivity index (χ0n) is 9.46. The van der Waals surface area contributed by atoms with E-state index in [1.54, 1.807) is 0 Å². The Morgan fingerprint density at radius 1 is 1.30 bits per heavy atom. The molecule has 1 amide bonds. The fourth-order valence-corrected chi connectivity index (χ4v) is 1.48. The van der Waals surface area contributed by atoms with Crippen LogP contribution in [0, 0.1) is 5.82 Å². The molecule has 0 unspecified atom stereocenters. The quantitative estimate of drug-likeness (QED) is 0.860. The van der Waals surface area contributed by atoms with Gasteiger partial charge in [0.2, 0.25) is 5.88 Å². The second-order valence-electron chi connectivity index (χ2n) is 3.65. The first-order valence-electron chi connectivity index (χ1n) is 5.07. The van der Waals surface area contributed by atoms with Gasteiger partial charge < -0.3 is 4.52 Å². The first-order chi connectivity index (χ1) is 9.27. The fraction of sp³-hybridized carbons (Fsp3) is 0.0909. The van der Waals surface area contributed by atoms with E-state index in [1.807, 2.05) is 5.32 Å². The number of carbonyl (C=O) groups is 1. The number of hydrogen-bond acceptors (Lipinski definition) is 3. The maximum absolute atomic E-state index is 13.4. The van der Waals surface area contributed by atoms with Crippen LogP contribution in [-0.4, -0.2) is 11.1 Å². The van der Waals surface area contributed by atoms with Gasteiger partial charge in [0, 0.05) is 11.1 Å². The van der Waals surface area contributed by atoms with Gasteiger partial charge in [-0.2, -0.15) is 13.2 Å². The van der Waals surface area contributed by atoms with Crippen LogP contribution in [0.15, 0.2) is 28.8 Å². The summed E-state index contributed by atoms with van der Waals surface area (Å²) < 4.78 is 54.5. The van der Waals surface area contributed by atoms with Crippen LogP contribution in [0.4, 0.5) is 23.4 Å². The second kappa shape index (κ2) is 5.12. The number of nitrogens with zero attached hydrogens (tertiary/aromatic N) is 1. The smallest absolute Gasteiger partial charge is 0.338 e. The van der Waals surface area contributed by atoms with Crippen molar-refractivity contribution in [2.75, 3.05) is 5.32 Å². The van der Waals surface area contributed by atoms with E-state index in [9.17, 15) is 22.4 Å². The van der Waals surface area contributed by atoms with Crippen molar-refractivity contribution in [3.8, 4) is 0 Å². The average Bonchev–Trinajstić information content (AvgIpc) is 2.76. The summed E-state index contributed by atoms with van der Waals surface area (Å²) in [5, 5.41) is 4.78. The topological polar surface area (TPSA) is 55.1 Å². The van der Waals surface area contributed by atoms with Gasteiger partial charge in [0.25, 0.3) is 5.91 Å². The van der Waals surface area contributed by atoms with Crippen molar-refractivity contribution in [3.63, 3.8) is 0 Å². The third kappa shape index (κ3) is 3.08. The molecule has 1 aromatic heterocycles. The molecule has 2 rings (SSSR count). The van der Waals surface area contributed by atoms with Crippen molar-refractivity contribution >= 4 is 23.4 Å². The number of carbonyl (C=O) groups excluding carboxylic acids is 1. The molecule has 20 heavy (non-hydrogen) atoms. The lowest BCUT2D eigenvalue weighted by molar-refractivity contribution is -0.142. The Hall–Kier alpha value is -2.09. The molecule has 9 heteroatoms. The van der Waals surface area contributed by atoms with E-state index in [-0.39, 0.29) is 10.6 Å². The minimum atomic E-state index is -4.70. The van der Waals surface area contributed by atoms with Crippen molar-refractivity contribution in [2.24, 2.45) is 0 Å². The molecule has 1 N–H and O–H groups in total. The zero-order chi connectivity index (χ0) is 14.9. The summed E-state index contributed by atoms with van der Waals surface area (Å²) in [6, 6.07) is 3.75. The lowest BCUT2D eigenvalue weighted by Crippen LogP contribution is -2.13. The molecule has 0 saturated carbocycles. The number of aromatic nitrogens is 1. The minimum absolute atomic E-state index is 0.0815. The van der Waals surface area contributed by atoms with Crippen molar-refractivity contribution in [1.82, 2.24) is 5.16 Å². The fourth-order valence-electron chi connectivity index (χ4n) is 1.32. The molecule has 0 atom stereocenters. The largest absolute Gasteiger partial charge is 0.436 e. The Bertz CT molecular complexity index is 654. The Morgan fingerprint density at radius 3 is 2.55 bits per heavy atom. The standard InChI is InChI=1S/C11H5ClF4N2O2/c12-5-1-2-6(7(13)3-5)10(19)17-9-4-8(18-20-9)11(14,15)16/h1-4H,(H,17,19). The number of nitrogens with one attached hydrogen (secondary N) is 1. The molecule has 0 spiro atoms. The minimum Gasteiger partial charge on any atom is -0.338 e. The van der Waals surface area contributed by atoms with E-state index in [0.29, 0.717) is 6.07 Å². The Balaban J connectivity index is 2.17. The highest BCUT2D eigenvalue weighted by Crippen LogP contribution is 2.30. The number of alkyl halides is 3. The van der Waals surface area contributed by atoms with Crippen LogP contribution in [0.25, 0.3) is 0 Å². The first kappa shape index (κ1) is 14.3. The third-order valence-corrected chi connectivity index (χ3v) is 2.45. The molecule has 2 aromatic rings.